The van der Waals surface area contributed by atoms with Gasteiger partial charge in [-0.3, -0.25) is 9.69 Å². The summed E-state index contributed by atoms with van der Waals surface area (Å²) in [6.07, 6.45) is 1.87. The van der Waals surface area contributed by atoms with Crippen molar-refractivity contribution in [3.63, 3.8) is 0 Å². The highest BCUT2D eigenvalue weighted by molar-refractivity contribution is 6.14. The van der Waals surface area contributed by atoms with E-state index >= 15 is 0 Å². The number of nitrogens with zero attached hydrogens (tertiary/aromatic N) is 1. The second kappa shape index (κ2) is 9.78. The lowest BCUT2D eigenvalue weighted by atomic mass is 9.98. The van der Waals surface area contributed by atoms with Gasteiger partial charge >= 0.3 is 0 Å². The zero-order valence-electron chi connectivity index (χ0n) is 17.3. The van der Waals surface area contributed by atoms with Gasteiger partial charge in [-0.15, -0.1) is 0 Å². The Balaban J connectivity index is 1.35. The molecule has 0 aliphatic carbocycles. The zero-order chi connectivity index (χ0) is 20.8. The summed E-state index contributed by atoms with van der Waals surface area (Å²) in [7, 11) is 0. The summed E-state index contributed by atoms with van der Waals surface area (Å²) in [6.45, 7) is 7.80. The molecule has 0 bridgehead atoms. The van der Waals surface area contributed by atoms with Gasteiger partial charge in [-0.25, -0.2) is 0 Å². The summed E-state index contributed by atoms with van der Waals surface area (Å²) in [4.78, 5) is 15.2. The Morgan fingerprint density at radius 1 is 1.03 bits per heavy atom. The van der Waals surface area contributed by atoms with Crippen LogP contribution in [0.1, 0.15) is 22.8 Å². The molecule has 0 unspecified atom stereocenters. The highest BCUT2D eigenvalue weighted by atomic mass is 16.5. The number of benzene rings is 2. The molecule has 1 saturated heterocycles. The van der Waals surface area contributed by atoms with E-state index in [0.717, 1.165) is 44.2 Å². The number of carbonyl (C=O) groups excluding carboxylic acids is 1. The minimum atomic E-state index is -0.00913. The Bertz CT molecular complexity index is 900. The van der Waals surface area contributed by atoms with E-state index in [2.05, 4.69) is 4.90 Å². The molecule has 0 N–H and O–H groups in total. The second-order valence-electron chi connectivity index (χ2n) is 7.25. The van der Waals surface area contributed by atoms with E-state index < -0.39 is 0 Å². The van der Waals surface area contributed by atoms with Crippen molar-refractivity contribution < 1.29 is 23.7 Å². The number of hydrogen-bond donors (Lipinski definition) is 0. The normalized spacial score (nSPS) is 18.0. The smallest absolute Gasteiger partial charge is 0.196 e. The highest BCUT2D eigenvalue weighted by Crippen LogP contribution is 2.31. The molecule has 0 amide bonds. The molecule has 6 heteroatoms. The number of morpholine rings is 1. The number of ether oxygens (including phenoxy) is 4. The van der Waals surface area contributed by atoms with Crippen LogP contribution in [0.2, 0.25) is 0 Å². The van der Waals surface area contributed by atoms with E-state index in [1.165, 1.54) is 0 Å². The standard InChI is InChI=1S/C24H27NO5/c1-2-28-21-7-8-22-23(16-21)30-17-19(24(22)26)15-18-3-5-20(6-4-18)29-14-11-25-9-12-27-13-10-25/h3-8,15-16H,2,9-14,17H2,1H3/b19-15+. The molecular weight excluding hydrogens is 382 g/mol. The Hall–Kier alpha value is -2.83. The van der Waals surface area contributed by atoms with Gasteiger partial charge in [0, 0.05) is 31.3 Å². The monoisotopic (exact) mass is 409 g/mol. The summed E-state index contributed by atoms with van der Waals surface area (Å²) in [6, 6.07) is 13.1. The van der Waals surface area contributed by atoms with Crippen LogP contribution in [0.3, 0.4) is 0 Å². The van der Waals surface area contributed by atoms with Crippen molar-refractivity contribution in [2.45, 2.75) is 6.92 Å². The predicted molar refractivity (Wildman–Crippen MR) is 115 cm³/mol. The van der Waals surface area contributed by atoms with Crippen LogP contribution in [0.5, 0.6) is 17.2 Å². The topological polar surface area (TPSA) is 57.2 Å². The molecule has 158 valence electrons. The number of Topliss-reactive ketones (excluding diaryl/α,β-unsaturated/α-hetero) is 1. The first-order valence-corrected chi connectivity index (χ1v) is 10.4. The van der Waals surface area contributed by atoms with Gasteiger partial charge in [0.05, 0.1) is 25.4 Å². The molecule has 2 heterocycles. The SMILES string of the molecule is CCOc1ccc2c(c1)OC/C(=C\c1ccc(OCCN3CCOCC3)cc1)C2=O. The Kier molecular flexibility index (Phi) is 6.67. The second-order valence-corrected chi connectivity index (χ2v) is 7.25. The van der Waals surface area contributed by atoms with Crippen LogP contribution in [0.25, 0.3) is 6.08 Å². The molecule has 6 nitrogen and oxygen atoms in total. The molecule has 4 rings (SSSR count). The van der Waals surface area contributed by atoms with E-state index in [-0.39, 0.29) is 12.4 Å². The molecule has 2 aromatic carbocycles. The fraction of sp³-hybridized carbons (Fsp3) is 0.375. The molecule has 1 fully saturated rings. The molecule has 0 saturated carbocycles. The van der Waals surface area contributed by atoms with Crippen LogP contribution < -0.4 is 14.2 Å². The van der Waals surface area contributed by atoms with Gasteiger partial charge < -0.3 is 18.9 Å². The van der Waals surface area contributed by atoms with E-state index in [4.69, 9.17) is 18.9 Å². The van der Waals surface area contributed by atoms with Crippen molar-refractivity contribution in [3.05, 3.63) is 59.2 Å². The summed E-state index contributed by atoms with van der Waals surface area (Å²) in [5.41, 5.74) is 2.14. The van der Waals surface area contributed by atoms with Crippen LogP contribution in [-0.4, -0.2) is 63.4 Å². The maximum absolute atomic E-state index is 12.8. The van der Waals surface area contributed by atoms with E-state index in [0.29, 0.717) is 35.8 Å². The van der Waals surface area contributed by atoms with Gasteiger partial charge in [0.15, 0.2) is 5.78 Å². The fourth-order valence-electron chi connectivity index (χ4n) is 3.55. The molecule has 0 spiro atoms. The van der Waals surface area contributed by atoms with Crippen molar-refractivity contribution in [2.75, 3.05) is 52.7 Å². The zero-order valence-corrected chi connectivity index (χ0v) is 17.3. The minimum Gasteiger partial charge on any atom is -0.494 e. The van der Waals surface area contributed by atoms with E-state index in [9.17, 15) is 4.79 Å². The van der Waals surface area contributed by atoms with Crippen molar-refractivity contribution in [3.8, 4) is 17.2 Å². The van der Waals surface area contributed by atoms with Crippen LogP contribution in [-0.2, 0) is 4.74 Å². The van der Waals surface area contributed by atoms with Gasteiger partial charge in [0.2, 0.25) is 0 Å². The number of hydrogen-bond acceptors (Lipinski definition) is 6. The fourth-order valence-corrected chi connectivity index (χ4v) is 3.55. The molecule has 2 aliphatic rings. The third-order valence-electron chi connectivity index (χ3n) is 5.18. The first kappa shape index (κ1) is 20.4. The van der Waals surface area contributed by atoms with Crippen molar-refractivity contribution in [1.82, 2.24) is 4.90 Å². The van der Waals surface area contributed by atoms with Gasteiger partial charge in [-0.05, 0) is 42.8 Å². The van der Waals surface area contributed by atoms with Gasteiger partial charge in [0.1, 0.15) is 30.5 Å². The number of rotatable bonds is 7. The maximum Gasteiger partial charge on any atom is 0.196 e. The molecular formula is C24H27NO5. The largest absolute Gasteiger partial charge is 0.494 e. The Morgan fingerprint density at radius 3 is 2.57 bits per heavy atom. The predicted octanol–water partition coefficient (Wildman–Crippen LogP) is 3.46. The Morgan fingerprint density at radius 2 is 1.80 bits per heavy atom. The molecule has 0 atom stereocenters. The van der Waals surface area contributed by atoms with E-state index in [1.807, 2.05) is 37.3 Å². The third kappa shape index (κ3) is 5.01. The lowest BCUT2D eigenvalue weighted by Crippen LogP contribution is -2.38. The average Bonchev–Trinajstić information content (AvgIpc) is 2.78. The highest BCUT2D eigenvalue weighted by Gasteiger charge is 2.23. The molecule has 2 aromatic rings. The van der Waals surface area contributed by atoms with Gasteiger partial charge in [0.25, 0.3) is 0 Å². The number of fused-ring (bicyclic) bond motifs is 1. The molecule has 30 heavy (non-hydrogen) atoms. The summed E-state index contributed by atoms with van der Waals surface area (Å²) in [5, 5.41) is 0. The summed E-state index contributed by atoms with van der Waals surface area (Å²) >= 11 is 0. The first-order chi connectivity index (χ1) is 14.7. The minimum absolute atomic E-state index is 0.00913. The molecule has 0 aromatic heterocycles. The van der Waals surface area contributed by atoms with Crippen molar-refractivity contribution in [2.24, 2.45) is 0 Å². The lowest BCUT2D eigenvalue weighted by Gasteiger charge is -2.26. The van der Waals surface area contributed by atoms with Crippen LogP contribution in [0.4, 0.5) is 0 Å². The lowest BCUT2D eigenvalue weighted by molar-refractivity contribution is 0.0322. The summed E-state index contributed by atoms with van der Waals surface area (Å²) in [5.74, 6) is 2.10. The van der Waals surface area contributed by atoms with Gasteiger partial charge in [-0.2, -0.15) is 0 Å². The number of carbonyl (C=O) groups is 1. The van der Waals surface area contributed by atoms with Crippen molar-refractivity contribution in [1.29, 1.82) is 0 Å². The number of ketones is 1. The van der Waals surface area contributed by atoms with Crippen LogP contribution in [0.15, 0.2) is 48.0 Å². The molecule has 0 radical (unpaired) electrons. The third-order valence-corrected chi connectivity index (χ3v) is 5.18. The average molecular weight is 409 g/mol. The van der Waals surface area contributed by atoms with E-state index in [1.54, 1.807) is 18.2 Å². The van der Waals surface area contributed by atoms with Crippen LogP contribution >= 0.6 is 0 Å². The first-order valence-electron chi connectivity index (χ1n) is 10.4. The summed E-state index contributed by atoms with van der Waals surface area (Å²) < 4.78 is 22.5. The van der Waals surface area contributed by atoms with Gasteiger partial charge in [-0.1, -0.05) is 12.1 Å². The quantitative estimate of drug-likeness (QED) is 0.653. The van der Waals surface area contributed by atoms with Crippen molar-refractivity contribution >= 4 is 11.9 Å². The Labute approximate surface area is 177 Å². The molecule has 2 aliphatic heterocycles. The van der Waals surface area contributed by atoms with Crippen LogP contribution in [0, 0.1) is 0 Å². The maximum atomic E-state index is 12.8.